The highest BCUT2D eigenvalue weighted by atomic mass is 79.9. The molecule has 31 heavy (non-hydrogen) atoms. The van der Waals surface area contributed by atoms with E-state index in [1.165, 1.54) is 16.2 Å². The Bertz CT molecular complexity index is 1200. The molecule has 2 heterocycles. The second-order valence-electron chi connectivity index (χ2n) is 6.94. The number of hydrogen-bond donors (Lipinski definition) is 2. The van der Waals surface area contributed by atoms with Crippen molar-refractivity contribution in [2.24, 2.45) is 0 Å². The summed E-state index contributed by atoms with van der Waals surface area (Å²) in [6, 6.07) is 16.1. The zero-order valence-electron chi connectivity index (χ0n) is 16.0. The second-order valence-corrected chi connectivity index (χ2v) is 8.80. The molecule has 1 aliphatic rings. The minimum Gasteiger partial charge on any atom is -0.507 e. The lowest BCUT2D eigenvalue weighted by atomic mass is 9.99. The van der Waals surface area contributed by atoms with Crippen molar-refractivity contribution in [3.8, 4) is 0 Å². The molecule has 1 fully saturated rings. The van der Waals surface area contributed by atoms with E-state index < -0.39 is 23.7 Å². The van der Waals surface area contributed by atoms with Crippen molar-refractivity contribution in [1.82, 2.24) is 0 Å². The van der Waals surface area contributed by atoms with E-state index in [4.69, 9.17) is 5.11 Å². The predicted octanol–water partition coefficient (Wildman–Crippen LogP) is 4.76. The molecule has 0 radical (unpaired) electrons. The van der Waals surface area contributed by atoms with Crippen LogP contribution in [0.4, 0.5) is 5.69 Å². The van der Waals surface area contributed by atoms with E-state index in [-0.39, 0.29) is 17.8 Å². The van der Waals surface area contributed by atoms with Gasteiger partial charge in [-0.2, -0.15) is 0 Å². The van der Waals surface area contributed by atoms with Crippen molar-refractivity contribution in [2.75, 3.05) is 4.90 Å². The summed E-state index contributed by atoms with van der Waals surface area (Å²) >= 11 is 4.77. The summed E-state index contributed by atoms with van der Waals surface area (Å²) in [6.45, 7) is 0. The summed E-state index contributed by atoms with van der Waals surface area (Å²) in [5, 5.41) is 21.8. The number of hydrogen-bond acceptors (Lipinski definition) is 5. The molecule has 2 N–H and O–H groups in total. The van der Waals surface area contributed by atoms with Crippen LogP contribution in [-0.4, -0.2) is 27.9 Å². The van der Waals surface area contributed by atoms with Gasteiger partial charge in [-0.1, -0.05) is 42.5 Å². The first-order valence-electron chi connectivity index (χ1n) is 9.28. The molecule has 1 atom stereocenters. The molecule has 1 aliphatic heterocycles. The largest absolute Gasteiger partial charge is 0.507 e. The Kier molecular flexibility index (Phi) is 5.75. The highest BCUT2D eigenvalue weighted by Crippen LogP contribution is 2.44. The number of amides is 1. The molecule has 2 aromatic carbocycles. The number of carboxylic acids is 1. The molecular weight excluding hydrogens is 482 g/mol. The first-order valence-corrected chi connectivity index (χ1v) is 10.9. The van der Waals surface area contributed by atoms with E-state index >= 15 is 0 Å². The quantitative estimate of drug-likeness (QED) is 0.301. The number of ketones is 1. The van der Waals surface area contributed by atoms with Crippen molar-refractivity contribution in [2.45, 2.75) is 12.5 Å². The first-order chi connectivity index (χ1) is 14.9. The molecule has 0 spiro atoms. The third-order valence-corrected chi connectivity index (χ3v) is 6.66. The molecule has 0 bridgehead atoms. The van der Waals surface area contributed by atoms with Gasteiger partial charge in [-0.3, -0.25) is 19.3 Å². The van der Waals surface area contributed by atoms with Crippen molar-refractivity contribution < 1.29 is 24.6 Å². The van der Waals surface area contributed by atoms with E-state index in [0.29, 0.717) is 21.7 Å². The third kappa shape index (κ3) is 4.04. The number of carboxylic acid groups (broad SMARTS) is 1. The molecule has 1 amide bonds. The average molecular weight is 498 g/mol. The maximum atomic E-state index is 13.0. The molecule has 3 aromatic rings. The molecule has 1 saturated heterocycles. The van der Waals surface area contributed by atoms with E-state index in [1.54, 1.807) is 54.6 Å². The molecule has 4 rings (SSSR count). The second kappa shape index (κ2) is 8.49. The number of carbonyl (C=O) groups excluding carboxylic acids is 2. The van der Waals surface area contributed by atoms with Crippen LogP contribution in [0.2, 0.25) is 0 Å². The summed E-state index contributed by atoms with van der Waals surface area (Å²) in [4.78, 5) is 39.1. The zero-order chi connectivity index (χ0) is 22.1. The standard InChI is InChI=1S/C23H16BrNO5S/c24-15-11-17(31-12-15)20-19(21(28)14-4-2-1-3-5-14)22(29)23(30)25(20)16-8-6-13(7-9-16)10-18(26)27/h1-9,11-12,20,28H,10H2,(H,26,27)/b21-19-. The highest BCUT2D eigenvalue weighted by Gasteiger charge is 2.47. The number of nitrogens with zero attached hydrogens (tertiary/aromatic N) is 1. The zero-order valence-corrected chi connectivity index (χ0v) is 18.4. The predicted molar refractivity (Wildman–Crippen MR) is 121 cm³/mol. The number of aliphatic hydroxyl groups is 1. The number of carbonyl (C=O) groups is 3. The first kappa shape index (κ1) is 21.0. The fourth-order valence-corrected chi connectivity index (χ4v) is 5.08. The number of thiophene rings is 1. The average Bonchev–Trinajstić information content (AvgIpc) is 3.29. The summed E-state index contributed by atoms with van der Waals surface area (Å²) in [7, 11) is 0. The summed E-state index contributed by atoms with van der Waals surface area (Å²) in [5.41, 5.74) is 1.48. The molecule has 1 unspecified atom stereocenters. The van der Waals surface area contributed by atoms with Crippen LogP contribution < -0.4 is 4.90 Å². The molecule has 0 aliphatic carbocycles. The Morgan fingerprint density at radius 2 is 1.71 bits per heavy atom. The normalized spacial score (nSPS) is 17.8. The number of anilines is 1. The maximum absolute atomic E-state index is 13.0. The van der Waals surface area contributed by atoms with Gasteiger partial charge in [-0.05, 0) is 39.7 Å². The monoisotopic (exact) mass is 497 g/mol. The van der Waals surface area contributed by atoms with Gasteiger partial charge in [0.05, 0.1) is 12.0 Å². The van der Waals surface area contributed by atoms with Gasteiger partial charge in [0.15, 0.2) is 0 Å². The summed E-state index contributed by atoms with van der Waals surface area (Å²) in [6.07, 6.45) is -0.144. The van der Waals surface area contributed by atoms with E-state index in [0.717, 1.165) is 4.47 Å². The fourth-order valence-electron chi connectivity index (χ4n) is 3.54. The summed E-state index contributed by atoms with van der Waals surface area (Å²) < 4.78 is 0.801. The Morgan fingerprint density at radius 1 is 1.03 bits per heavy atom. The number of Topliss-reactive ketones (excluding diaryl/α,β-unsaturated/α-hetero) is 1. The van der Waals surface area contributed by atoms with Gasteiger partial charge < -0.3 is 10.2 Å². The van der Waals surface area contributed by atoms with Gasteiger partial charge in [-0.15, -0.1) is 11.3 Å². The molecule has 8 heteroatoms. The lowest BCUT2D eigenvalue weighted by Gasteiger charge is -2.24. The number of rotatable bonds is 5. The van der Waals surface area contributed by atoms with Crippen molar-refractivity contribution >= 4 is 56.4 Å². The van der Waals surface area contributed by atoms with Gasteiger partial charge in [0.1, 0.15) is 11.8 Å². The van der Waals surface area contributed by atoms with Gasteiger partial charge in [0.2, 0.25) is 0 Å². The topological polar surface area (TPSA) is 94.9 Å². The minimum absolute atomic E-state index is 0.0140. The van der Waals surface area contributed by atoms with Crippen LogP contribution in [0.3, 0.4) is 0 Å². The Hall–Kier alpha value is -3.23. The number of benzene rings is 2. The van der Waals surface area contributed by atoms with Gasteiger partial charge >= 0.3 is 5.97 Å². The molecule has 6 nitrogen and oxygen atoms in total. The van der Waals surface area contributed by atoms with E-state index in [2.05, 4.69) is 15.9 Å². The number of aliphatic carboxylic acids is 1. The maximum Gasteiger partial charge on any atom is 0.307 e. The van der Waals surface area contributed by atoms with Crippen LogP contribution in [0.5, 0.6) is 0 Å². The lowest BCUT2D eigenvalue weighted by Crippen LogP contribution is -2.29. The van der Waals surface area contributed by atoms with Gasteiger partial charge in [0.25, 0.3) is 11.7 Å². The number of aliphatic hydroxyl groups excluding tert-OH is 1. The van der Waals surface area contributed by atoms with Crippen LogP contribution in [0.25, 0.3) is 5.76 Å². The molecular formula is C23H16BrNO5S. The van der Waals surface area contributed by atoms with Crippen LogP contribution >= 0.6 is 27.3 Å². The molecule has 156 valence electrons. The molecule has 0 saturated carbocycles. The van der Waals surface area contributed by atoms with E-state index in [9.17, 15) is 19.5 Å². The Balaban J connectivity index is 1.85. The lowest BCUT2D eigenvalue weighted by molar-refractivity contribution is -0.136. The van der Waals surface area contributed by atoms with Crippen LogP contribution in [-0.2, 0) is 20.8 Å². The smallest absolute Gasteiger partial charge is 0.307 e. The number of halogens is 1. The fraction of sp³-hybridized carbons (Fsp3) is 0.0870. The molecule has 1 aromatic heterocycles. The Morgan fingerprint density at radius 3 is 2.29 bits per heavy atom. The van der Waals surface area contributed by atoms with Gasteiger partial charge in [-0.25, -0.2) is 0 Å². The van der Waals surface area contributed by atoms with Crippen LogP contribution in [0, 0.1) is 0 Å². The van der Waals surface area contributed by atoms with E-state index in [1.807, 2.05) is 11.4 Å². The third-order valence-electron chi connectivity index (χ3n) is 4.92. The minimum atomic E-state index is -0.959. The van der Waals surface area contributed by atoms with Crippen molar-refractivity contribution in [3.63, 3.8) is 0 Å². The van der Waals surface area contributed by atoms with Crippen LogP contribution in [0.15, 0.2) is 76.1 Å². The summed E-state index contributed by atoms with van der Waals surface area (Å²) in [5.74, 6) is -2.72. The van der Waals surface area contributed by atoms with Crippen molar-refractivity contribution in [1.29, 1.82) is 0 Å². The van der Waals surface area contributed by atoms with Crippen molar-refractivity contribution in [3.05, 3.63) is 92.1 Å². The highest BCUT2D eigenvalue weighted by molar-refractivity contribution is 9.10. The van der Waals surface area contributed by atoms with Gasteiger partial charge in [0, 0.05) is 26.0 Å². The van der Waals surface area contributed by atoms with Crippen LogP contribution in [0.1, 0.15) is 22.0 Å². The Labute approximate surface area is 190 Å². The SMILES string of the molecule is O=C(O)Cc1ccc(N2C(=O)C(=O)/C(=C(\O)c3ccccc3)C2c2cc(Br)cs2)cc1.